The Hall–Kier alpha value is -2.89. The van der Waals surface area contributed by atoms with Crippen molar-refractivity contribution in [2.45, 2.75) is 35.1 Å². The lowest BCUT2D eigenvalue weighted by molar-refractivity contribution is -0.138. The van der Waals surface area contributed by atoms with Gasteiger partial charge in [0, 0.05) is 28.5 Å². The van der Waals surface area contributed by atoms with Gasteiger partial charge in [-0.3, -0.25) is 19.7 Å². The number of hydrogen-bond donors (Lipinski definition) is 3. The van der Waals surface area contributed by atoms with Gasteiger partial charge in [0.25, 0.3) is 0 Å². The van der Waals surface area contributed by atoms with E-state index < -0.39 is 11.2 Å². The van der Waals surface area contributed by atoms with Crippen LogP contribution in [0.5, 0.6) is 0 Å². The third kappa shape index (κ3) is 7.88. The van der Waals surface area contributed by atoms with Crippen LogP contribution >= 0.6 is 35.1 Å². The predicted molar refractivity (Wildman–Crippen MR) is 132 cm³/mol. The van der Waals surface area contributed by atoms with Crippen LogP contribution in [0.4, 0.5) is 10.8 Å². The quantitative estimate of drug-likeness (QED) is 0.316. The molecule has 0 saturated heterocycles. The highest BCUT2D eigenvalue weighted by molar-refractivity contribution is 8.00. The lowest BCUT2D eigenvalue weighted by Crippen LogP contribution is -2.19. The third-order valence-electron chi connectivity index (χ3n) is 4.19. The number of carboxylic acids is 1. The van der Waals surface area contributed by atoms with Crippen molar-refractivity contribution in [1.29, 1.82) is 0 Å². The van der Waals surface area contributed by atoms with E-state index >= 15 is 0 Å². The van der Waals surface area contributed by atoms with Gasteiger partial charge in [-0.2, -0.15) is 9.36 Å². The molecule has 172 valence electrons. The summed E-state index contributed by atoms with van der Waals surface area (Å²) in [5, 5.41) is 14.8. The van der Waals surface area contributed by atoms with Crippen LogP contribution in [0.15, 0.2) is 64.6 Å². The van der Waals surface area contributed by atoms with Crippen molar-refractivity contribution in [3.05, 3.63) is 60.2 Å². The molecule has 3 aromatic rings. The van der Waals surface area contributed by atoms with Crippen LogP contribution < -0.4 is 10.6 Å². The second kappa shape index (κ2) is 12.4. The highest BCUT2D eigenvalue weighted by atomic mass is 32.2. The van der Waals surface area contributed by atoms with E-state index in [0.717, 1.165) is 27.7 Å². The average molecular weight is 503 g/mol. The topological polar surface area (TPSA) is 121 Å². The second-order valence-electron chi connectivity index (χ2n) is 6.68. The molecule has 0 aliphatic rings. The van der Waals surface area contributed by atoms with Gasteiger partial charge in [-0.1, -0.05) is 55.1 Å². The lowest BCUT2D eigenvalue weighted by Gasteiger charge is -2.16. The first-order chi connectivity index (χ1) is 15.9. The molecule has 1 aromatic heterocycles. The minimum atomic E-state index is -1.03. The van der Waals surface area contributed by atoms with E-state index in [9.17, 15) is 14.4 Å². The van der Waals surface area contributed by atoms with Gasteiger partial charge in [-0.15, -0.1) is 11.8 Å². The molecule has 1 unspecified atom stereocenters. The first-order valence-corrected chi connectivity index (χ1v) is 12.7. The Labute approximate surface area is 203 Å². The van der Waals surface area contributed by atoms with E-state index in [1.807, 2.05) is 43.3 Å². The Bertz CT molecular complexity index is 1110. The van der Waals surface area contributed by atoms with Crippen molar-refractivity contribution in [3.8, 4) is 0 Å². The summed E-state index contributed by atoms with van der Waals surface area (Å²) in [6.45, 7) is 2.01. The van der Waals surface area contributed by atoms with Crippen molar-refractivity contribution in [1.82, 2.24) is 9.36 Å². The average Bonchev–Trinajstić information content (AvgIpc) is 3.24. The van der Waals surface area contributed by atoms with E-state index in [1.165, 1.54) is 23.5 Å². The van der Waals surface area contributed by atoms with Crippen LogP contribution in [0.1, 0.15) is 30.6 Å². The maximum Gasteiger partial charge on any atom is 0.303 e. The molecular weight excluding hydrogens is 480 g/mol. The van der Waals surface area contributed by atoms with Crippen LogP contribution in [-0.4, -0.2) is 38.0 Å². The van der Waals surface area contributed by atoms with Gasteiger partial charge in [0.15, 0.2) is 0 Å². The largest absolute Gasteiger partial charge is 0.481 e. The number of nitrogens with zero attached hydrogens (tertiary/aromatic N) is 2. The van der Waals surface area contributed by atoms with Gasteiger partial charge in [0.05, 0.1) is 6.42 Å². The molecule has 8 nitrogen and oxygen atoms in total. The lowest BCUT2D eigenvalue weighted by atomic mass is 10.1. The van der Waals surface area contributed by atoms with E-state index in [2.05, 4.69) is 20.0 Å². The zero-order chi connectivity index (χ0) is 23.6. The third-order valence-corrected chi connectivity index (χ3v) is 6.91. The number of thioether (sulfide) groups is 2. The maximum absolute atomic E-state index is 13.2. The molecule has 0 aliphatic carbocycles. The number of aromatic nitrogens is 2. The van der Waals surface area contributed by atoms with Crippen LogP contribution in [0, 0.1) is 0 Å². The first-order valence-electron chi connectivity index (χ1n) is 10.0. The van der Waals surface area contributed by atoms with Crippen LogP contribution in [0.25, 0.3) is 0 Å². The summed E-state index contributed by atoms with van der Waals surface area (Å²) in [6, 6.07) is 16.5. The molecule has 3 rings (SSSR count). The van der Waals surface area contributed by atoms with Crippen molar-refractivity contribution in [2.24, 2.45) is 0 Å². The number of carboxylic acid groups (broad SMARTS) is 1. The summed E-state index contributed by atoms with van der Waals surface area (Å²) in [6.07, 6.45) is -0.345. The van der Waals surface area contributed by atoms with Crippen molar-refractivity contribution < 1.29 is 19.5 Å². The zero-order valence-corrected chi connectivity index (χ0v) is 20.1. The number of rotatable bonds is 11. The number of hydrogen-bond acceptors (Lipinski definition) is 8. The van der Waals surface area contributed by atoms with Gasteiger partial charge in [0.1, 0.15) is 5.25 Å². The monoisotopic (exact) mass is 502 g/mol. The fourth-order valence-electron chi connectivity index (χ4n) is 2.75. The van der Waals surface area contributed by atoms with Crippen molar-refractivity contribution >= 4 is 63.7 Å². The van der Waals surface area contributed by atoms with Gasteiger partial charge >= 0.3 is 5.97 Å². The molecular formula is C22H22N4O4S3. The minimum absolute atomic E-state index is 0.109. The molecule has 11 heteroatoms. The summed E-state index contributed by atoms with van der Waals surface area (Å²) < 4.78 is 4.24. The highest BCUT2D eigenvalue weighted by Gasteiger charge is 2.23. The first kappa shape index (κ1) is 24.7. The number of nitrogens with one attached hydrogen (secondary N) is 2. The molecule has 0 spiro atoms. The standard InChI is InChI=1S/C22H22N4O4S3/c1-2-31-22-25-21(33-26-22)24-20(30)19(14-7-4-3-5-8-14)32-16-10-6-9-15(13-16)23-17(27)11-12-18(28)29/h3-10,13,19H,2,11-12H2,1H3,(H,23,27)(H,28,29)(H,24,25,26,30). The summed E-state index contributed by atoms with van der Waals surface area (Å²) in [5.41, 5.74) is 1.36. The Morgan fingerprint density at radius 1 is 1.06 bits per heavy atom. The van der Waals surface area contributed by atoms with E-state index in [4.69, 9.17) is 5.11 Å². The molecule has 0 aliphatic heterocycles. The Morgan fingerprint density at radius 2 is 1.85 bits per heavy atom. The maximum atomic E-state index is 13.2. The SMILES string of the molecule is CCSc1nsc(NC(=O)C(Sc2cccc(NC(=O)CCC(=O)O)c2)c2ccccc2)n1. The summed E-state index contributed by atoms with van der Waals surface area (Å²) in [5.74, 6) is -0.794. The van der Waals surface area contributed by atoms with Crippen LogP contribution in [0.2, 0.25) is 0 Å². The molecule has 0 radical (unpaired) electrons. The molecule has 0 fully saturated rings. The molecule has 1 atom stereocenters. The predicted octanol–water partition coefficient (Wildman–Crippen LogP) is 4.93. The van der Waals surface area contributed by atoms with E-state index in [1.54, 1.807) is 18.2 Å². The number of aliphatic carboxylic acids is 1. The number of carbonyl (C=O) groups is 3. The number of anilines is 2. The normalized spacial score (nSPS) is 11.5. The van der Waals surface area contributed by atoms with E-state index in [-0.39, 0.29) is 24.7 Å². The second-order valence-corrected chi connectivity index (χ2v) is 9.84. The Morgan fingerprint density at radius 3 is 2.58 bits per heavy atom. The van der Waals surface area contributed by atoms with Gasteiger partial charge < -0.3 is 10.4 Å². The zero-order valence-electron chi connectivity index (χ0n) is 17.7. The fraction of sp³-hybridized carbons (Fsp3) is 0.227. The molecule has 3 N–H and O–H groups in total. The molecule has 0 bridgehead atoms. The summed E-state index contributed by atoms with van der Waals surface area (Å²) in [7, 11) is 0. The van der Waals surface area contributed by atoms with Gasteiger partial charge in [-0.05, 0) is 29.5 Å². The van der Waals surface area contributed by atoms with E-state index in [0.29, 0.717) is 16.0 Å². The number of benzene rings is 2. The van der Waals surface area contributed by atoms with Crippen LogP contribution in [-0.2, 0) is 14.4 Å². The van der Waals surface area contributed by atoms with Gasteiger partial charge in [-0.25, -0.2) is 0 Å². The number of amides is 2. The Kier molecular flexibility index (Phi) is 9.28. The molecule has 1 heterocycles. The fourth-order valence-corrected chi connectivity index (χ4v) is 5.10. The highest BCUT2D eigenvalue weighted by Crippen LogP contribution is 2.37. The van der Waals surface area contributed by atoms with Crippen molar-refractivity contribution in [3.63, 3.8) is 0 Å². The Balaban J connectivity index is 1.74. The smallest absolute Gasteiger partial charge is 0.303 e. The molecule has 0 saturated carbocycles. The van der Waals surface area contributed by atoms with Crippen molar-refractivity contribution in [2.75, 3.05) is 16.4 Å². The van der Waals surface area contributed by atoms with Crippen LogP contribution in [0.3, 0.4) is 0 Å². The minimum Gasteiger partial charge on any atom is -0.481 e. The molecule has 2 amide bonds. The number of carbonyl (C=O) groups excluding carboxylic acids is 2. The molecule has 2 aromatic carbocycles. The summed E-state index contributed by atoms with van der Waals surface area (Å²) in [4.78, 5) is 40.9. The summed E-state index contributed by atoms with van der Waals surface area (Å²) >= 11 is 3.99. The van der Waals surface area contributed by atoms with Gasteiger partial charge in [0.2, 0.25) is 22.1 Å². The molecule has 33 heavy (non-hydrogen) atoms.